The van der Waals surface area contributed by atoms with Crippen molar-refractivity contribution in [1.29, 1.82) is 0 Å². The van der Waals surface area contributed by atoms with Crippen molar-refractivity contribution in [3.63, 3.8) is 0 Å². The Kier molecular flexibility index (Phi) is 7.85. The summed E-state index contributed by atoms with van der Waals surface area (Å²) >= 11 is 8.46. The fourth-order valence-corrected chi connectivity index (χ4v) is 6.10. The van der Waals surface area contributed by atoms with Gasteiger partial charge in [0.05, 0.1) is 7.11 Å². The van der Waals surface area contributed by atoms with Crippen LogP contribution in [0, 0.1) is 5.41 Å². The van der Waals surface area contributed by atoms with E-state index >= 15 is 0 Å². The number of thioether (sulfide) groups is 1. The van der Waals surface area contributed by atoms with Crippen molar-refractivity contribution in [2.24, 2.45) is 10.6 Å². The quantitative estimate of drug-likeness (QED) is 0.150. The number of ether oxygens (including phenoxy) is 2. The number of carbonyl (C=O) groups is 3. The summed E-state index contributed by atoms with van der Waals surface area (Å²) in [5.41, 5.74) is 5.12. The van der Waals surface area contributed by atoms with Gasteiger partial charge >= 0.3 is 5.97 Å². The normalized spacial score (nSPS) is 23.4. The van der Waals surface area contributed by atoms with Crippen LogP contribution in [0.1, 0.15) is 11.4 Å². The first-order valence-electron chi connectivity index (χ1n) is 10.6. The number of nitrogens with two attached hydrogens (primary N) is 1. The summed E-state index contributed by atoms with van der Waals surface area (Å²) in [5.74, 6) is -0.512. The number of oxime groups is 1. The number of amides is 2. The van der Waals surface area contributed by atoms with Crippen LogP contribution in [0.15, 0.2) is 29.4 Å². The van der Waals surface area contributed by atoms with Gasteiger partial charge in [-0.1, -0.05) is 17.3 Å². The second-order valence-corrected chi connectivity index (χ2v) is 10.2. The van der Waals surface area contributed by atoms with Gasteiger partial charge in [0.15, 0.2) is 5.13 Å². The Bertz CT molecular complexity index is 1180. The van der Waals surface area contributed by atoms with Gasteiger partial charge in [0.25, 0.3) is 5.91 Å². The van der Waals surface area contributed by atoms with E-state index in [0.717, 1.165) is 17.1 Å². The van der Waals surface area contributed by atoms with Crippen LogP contribution in [0.5, 0.6) is 5.75 Å². The molecule has 12 nitrogen and oxygen atoms in total. The second kappa shape index (κ2) is 10.9. The number of nitrogens with zero attached hydrogens (tertiary/aromatic N) is 4. The predicted molar refractivity (Wildman–Crippen MR) is 134 cm³/mol. The lowest BCUT2D eigenvalue weighted by Crippen LogP contribution is -2.74. The SMILES string of the molecule is CON=C(C(=O)NC1C(=O)N2CC(CCl)(C(=O)OCc3ccc(OC)cc3)CS[C@H]12)c1nsc(N)n1. The number of hydrogen-bond acceptors (Lipinski definition) is 12. The van der Waals surface area contributed by atoms with E-state index in [2.05, 4.69) is 19.8 Å². The number of nitrogens with one attached hydrogen (secondary N) is 1. The number of fused-ring (bicyclic) bond motifs is 1. The van der Waals surface area contributed by atoms with E-state index in [0.29, 0.717) is 11.5 Å². The Hall–Kier alpha value is -3.10. The Morgan fingerprint density at radius 2 is 2.08 bits per heavy atom. The molecule has 2 saturated heterocycles. The molecule has 0 spiro atoms. The molecule has 3 N–H and O–H groups in total. The van der Waals surface area contributed by atoms with Gasteiger partial charge in [0.2, 0.25) is 17.4 Å². The Morgan fingerprint density at radius 1 is 1.33 bits per heavy atom. The molecule has 0 aliphatic carbocycles. The van der Waals surface area contributed by atoms with Crippen LogP contribution in [-0.4, -0.2) is 81.6 Å². The van der Waals surface area contributed by atoms with Gasteiger partial charge in [-0.3, -0.25) is 14.4 Å². The van der Waals surface area contributed by atoms with E-state index in [1.54, 1.807) is 31.4 Å². The molecule has 15 heteroatoms. The topological polar surface area (TPSA) is 158 Å². The number of aromatic nitrogens is 2. The highest BCUT2D eigenvalue weighted by Crippen LogP contribution is 2.43. The van der Waals surface area contributed by atoms with E-state index in [1.807, 2.05) is 0 Å². The van der Waals surface area contributed by atoms with Crippen molar-refractivity contribution < 1.29 is 28.7 Å². The zero-order chi connectivity index (χ0) is 25.9. The molecule has 2 amide bonds. The van der Waals surface area contributed by atoms with Crippen LogP contribution >= 0.6 is 34.9 Å². The van der Waals surface area contributed by atoms with Crippen LogP contribution in [0.2, 0.25) is 0 Å². The molecule has 2 unspecified atom stereocenters. The number of esters is 1. The summed E-state index contributed by atoms with van der Waals surface area (Å²) in [6, 6.07) is 6.33. The fraction of sp³-hybridized carbons (Fsp3) is 0.429. The molecular weight excluding hydrogens is 532 g/mol. The number of carbonyl (C=O) groups excluding carboxylic acids is 3. The van der Waals surface area contributed by atoms with Gasteiger partial charge in [0, 0.05) is 29.7 Å². The number of nitrogen functional groups attached to an aromatic ring is 1. The van der Waals surface area contributed by atoms with Crippen molar-refractivity contribution >= 4 is 63.5 Å². The minimum atomic E-state index is -1.06. The van der Waals surface area contributed by atoms with Crippen LogP contribution in [0.3, 0.4) is 0 Å². The molecule has 192 valence electrons. The molecule has 2 aromatic rings. The van der Waals surface area contributed by atoms with Gasteiger partial charge in [-0.05, 0) is 17.7 Å². The first kappa shape index (κ1) is 26.0. The third kappa shape index (κ3) is 5.06. The molecule has 3 atom stereocenters. The first-order chi connectivity index (χ1) is 17.3. The van der Waals surface area contributed by atoms with Gasteiger partial charge in [-0.25, -0.2) is 0 Å². The molecule has 1 aromatic heterocycles. The first-order valence-corrected chi connectivity index (χ1v) is 13.0. The number of methoxy groups -OCH3 is 1. The van der Waals surface area contributed by atoms with E-state index in [1.165, 1.54) is 23.8 Å². The lowest BCUT2D eigenvalue weighted by atomic mass is 9.89. The molecule has 1 aromatic carbocycles. The summed E-state index contributed by atoms with van der Waals surface area (Å²) in [6.45, 7) is 0.156. The molecule has 2 fully saturated rings. The maximum atomic E-state index is 13.0. The van der Waals surface area contributed by atoms with Gasteiger partial charge in [-0.2, -0.15) is 9.36 Å². The summed E-state index contributed by atoms with van der Waals surface area (Å²) in [4.78, 5) is 48.9. The highest BCUT2D eigenvalue weighted by atomic mass is 35.5. The van der Waals surface area contributed by atoms with Crippen molar-refractivity contribution in [2.45, 2.75) is 18.0 Å². The largest absolute Gasteiger partial charge is 0.497 e. The monoisotopic (exact) mass is 554 g/mol. The Labute approximate surface area is 219 Å². The molecule has 36 heavy (non-hydrogen) atoms. The summed E-state index contributed by atoms with van der Waals surface area (Å²) in [5, 5.41) is 6.12. The fourth-order valence-electron chi connectivity index (χ4n) is 3.73. The number of benzene rings is 1. The maximum Gasteiger partial charge on any atom is 0.316 e. The van der Waals surface area contributed by atoms with Crippen molar-refractivity contribution in [3.8, 4) is 5.75 Å². The lowest BCUT2D eigenvalue weighted by molar-refractivity contribution is -0.162. The molecule has 0 saturated carbocycles. The van der Waals surface area contributed by atoms with Crippen molar-refractivity contribution in [3.05, 3.63) is 35.7 Å². The smallest absolute Gasteiger partial charge is 0.316 e. The average molecular weight is 555 g/mol. The third-order valence-corrected chi connectivity index (χ3v) is 8.34. The van der Waals surface area contributed by atoms with E-state index in [4.69, 9.17) is 31.6 Å². The van der Waals surface area contributed by atoms with Gasteiger partial charge in [0.1, 0.15) is 36.3 Å². The van der Waals surface area contributed by atoms with E-state index in [-0.39, 0.29) is 47.0 Å². The minimum Gasteiger partial charge on any atom is -0.497 e. The summed E-state index contributed by atoms with van der Waals surface area (Å²) < 4.78 is 14.6. The number of rotatable bonds is 9. The highest BCUT2D eigenvalue weighted by Gasteiger charge is 2.57. The highest BCUT2D eigenvalue weighted by molar-refractivity contribution is 8.00. The zero-order valence-electron chi connectivity index (χ0n) is 19.3. The standard InChI is InChI=1S/C21H23ClN6O6S2/c1-32-12-5-3-11(4-6-12)7-34-19(31)21(8-22)9-28-17(30)14(18(28)35-10-21)24-16(29)13(26-33-2)15-25-20(23)36-27-15/h3-6,14,18H,7-10H2,1-2H3,(H,24,29)(H2,23,25,27)/t14?,18-,21?/m1/s1. The summed E-state index contributed by atoms with van der Waals surface area (Å²) in [7, 11) is 2.84. The minimum absolute atomic E-state index is 0.00228. The Morgan fingerprint density at radius 3 is 2.69 bits per heavy atom. The van der Waals surface area contributed by atoms with Crippen LogP contribution < -0.4 is 15.8 Å². The van der Waals surface area contributed by atoms with E-state index < -0.39 is 23.3 Å². The molecule has 0 radical (unpaired) electrons. The molecule has 4 rings (SSSR count). The number of β-lactam (4-membered cyclic amide) rings is 1. The van der Waals surface area contributed by atoms with Gasteiger partial charge < -0.3 is 30.3 Å². The van der Waals surface area contributed by atoms with Crippen molar-refractivity contribution in [1.82, 2.24) is 19.6 Å². The van der Waals surface area contributed by atoms with Crippen LogP contribution in [-0.2, 0) is 30.6 Å². The average Bonchev–Trinajstić information content (AvgIpc) is 3.34. The van der Waals surface area contributed by atoms with Crippen LogP contribution in [0.4, 0.5) is 5.13 Å². The molecular formula is C21H23ClN6O6S2. The number of hydrogen-bond donors (Lipinski definition) is 2. The van der Waals surface area contributed by atoms with Crippen molar-refractivity contribution in [2.75, 3.05) is 38.1 Å². The summed E-state index contributed by atoms with van der Waals surface area (Å²) in [6.07, 6.45) is 0. The van der Waals surface area contributed by atoms with E-state index in [9.17, 15) is 14.4 Å². The number of halogens is 1. The maximum absolute atomic E-state index is 13.0. The molecule has 3 heterocycles. The number of anilines is 1. The lowest BCUT2D eigenvalue weighted by Gasteiger charge is -2.53. The number of alkyl halides is 1. The van der Waals surface area contributed by atoms with Gasteiger partial charge in [-0.15, -0.1) is 23.4 Å². The predicted octanol–water partition coefficient (Wildman–Crippen LogP) is 0.848. The molecule has 2 aliphatic rings. The second-order valence-electron chi connectivity index (χ2n) is 8.04. The Balaban J connectivity index is 1.37. The molecule has 0 bridgehead atoms. The zero-order valence-corrected chi connectivity index (χ0v) is 21.7. The molecule has 2 aliphatic heterocycles. The van der Waals surface area contributed by atoms with Crippen LogP contribution in [0.25, 0.3) is 0 Å². The third-order valence-electron chi connectivity index (χ3n) is 5.70.